The molecule has 1 heterocycles. The molecule has 0 fully saturated rings. The number of benzene rings is 2. The lowest BCUT2D eigenvalue weighted by molar-refractivity contribution is 0.101. The number of rotatable bonds is 6. The molecule has 1 N–H and O–H groups in total. The van der Waals surface area contributed by atoms with Crippen molar-refractivity contribution in [2.75, 3.05) is 12.4 Å². The lowest BCUT2D eigenvalue weighted by atomic mass is 10.1. The summed E-state index contributed by atoms with van der Waals surface area (Å²) in [7, 11) is 1.63. The monoisotopic (exact) mass is 375 g/mol. The lowest BCUT2D eigenvalue weighted by Crippen LogP contribution is -1.94. The van der Waals surface area contributed by atoms with Gasteiger partial charge in [-0.1, -0.05) is 0 Å². The third-order valence-electron chi connectivity index (χ3n) is 3.92. The summed E-state index contributed by atoms with van der Waals surface area (Å²) < 4.78 is 5.16. The first-order chi connectivity index (χ1) is 13.1. The smallest absolute Gasteiger partial charge is 0.159 e. The Balaban J connectivity index is 1.77. The van der Waals surface area contributed by atoms with Crippen LogP contribution < -0.4 is 10.1 Å². The first-order valence-corrected chi connectivity index (χ1v) is 9.07. The molecule has 3 rings (SSSR count). The molecule has 6 heteroatoms. The summed E-state index contributed by atoms with van der Waals surface area (Å²) in [5.74, 6) is 0.801. The maximum atomic E-state index is 11.3. The zero-order valence-corrected chi connectivity index (χ0v) is 15.7. The van der Waals surface area contributed by atoms with E-state index in [1.165, 1.54) is 18.3 Å². The van der Waals surface area contributed by atoms with Crippen molar-refractivity contribution in [3.63, 3.8) is 0 Å². The Morgan fingerprint density at radius 2 is 1.89 bits per heavy atom. The molecule has 1 aromatic heterocycles. The summed E-state index contributed by atoms with van der Waals surface area (Å²) in [6, 6.07) is 16.9. The van der Waals surface area contributed by atoms with Gasteiger partial charge in [0.25, 0.3) is 0 Å². The average molecular weight is 375 g/mol. The highest BCUT2D eigenvalue weighted by Gasteiger charge is 2.09. The fourth-order valence-corrected chi connectivity index (χ4v) is 3.18. The van der Waals surface area contributed by atoms with Gasteiger partial charge in [0.2, 0.25) is 0 Å². The van der Waals surface area contributed by atoms with E-state index in [0.29, 0.717) is 16.1 Å². The number of carbonyl (C=O) groups excluding carboxylic acids is 1. The first kappa shape index (κ1) is 18.4. The molecule has 0 aliphatic carbocycles. The molecule has 0 aliphatic rings. The Hall–Kier alpha value is -3.43. The number of ether oxygens (including phenoxy) is 1. The summed E-state index contributed by atoms with van der Waals surface area (Å²) in [5.41, 5.74) is 3.65. The zero-order chi connectivity index (χ0) is 19.2. The highest BCUT2D eigenvalue weighted by molar-refractivity contribution is 7.11. The Morgan fingerprint density at radius 3 is 2.48 bits per heavy atom. The summed E-state index contributed by atoms with van der Waals surface area (Å²) in [4.78, 5) is 15.9. The molecule has 0 saturated carbocycles. The van der Waals surface area contributed by atoms with Crippen LogP contribution in [0, 0.1) is 11.3 Å². The molecule has 27 heavy (non-hydrogen) atoms. The summed E-state index contributed by atoms with van der Waals surface area (Å²) in [5, 5.41) is 15.1. The number of anilines is 1. The molecular weight excluding hydrogens is 358 g/mol. The van der Waals surface area contributed by atoms with Gasteiger partial charge >= 0.3 is 0 Å². The zero-order valence-electron chi connectivity index (χ0n) is 14.9. The first-order valence-electron chi connectivity index (χ1n) is 8.19. The topological polar surface area (TPSA) is 75.0 Å². The Bertz CT molecular complexity index is 1010. The number of ketones is 1. The van der Waals surface area contributed by atoms with Gasteiger partial charge < -0.3 is 10.1 Å². The molecule has 0 amide bonds. The van der Waals surface area contributed by atoms with Gasteiger partial charge in [0.15, 0.2) is 5.78 Å². The van der Waals surface area contributed by atoms with Crippen molar-refractivity contribution in [2.45, 2.75) is 6.92 Å². The Kier molecular flexibility index (Phi) is 5.64. The van der Waals surface area contributed by atoms with Gasteiger partial charge in [0, 0.05) is 28.4 Å². The summed E-state index contributed by atoms with van der Waals surface area (Å²) in [6.45, 7) is 1.53. The third-order valence-corrected chi connectivity index (χ3v) is 4.79. The number of nitrogens with zero attached hydrogens (tertiary/aromatic N) is 2. The van der Waals surface area contributed by atoms with E-state index < -0.39 is 0 Å². The van der Waals surface area contributed by atoms with Crippen molar-refractivity contribution >= 4 is 28.4 Å². The van der Waals surface area contributed by atoms with E-state index in [2.05, 4.69) is 16.4 Å². The number of methoxy groups -OCH3 is 1. The second-order valence-corrected chi connectivity index (χ2v) is 6.57. The van der Waals surface area contributed by atoms with Crippen molar-refractivity contribution in [3.05, 3.63) is 70.7 Å². The van der Waals surface area contributed by atoms with Crippen LogP contribution in [0.3, 0.4) is 0 Å². The van der Waals surface area contributed by atoms with E-state index >= 15 is 0 Å². The van der Waals surface area contributed by atoms with Crippen LogP contribution in [0.1, 0.15) is 22.3 Å². The van der Waals surface area contributed by atoms with E-state index in [9.17, 15) is 10.1 Å². The third kappa shape index (κ3) is 4.40. The van der Waals surface area contributed by atoms with E-state index in [1.807, 2.05) is 29.6 Å². The second-order valence-electron chi connectivity index (χ2n) is 5.71. The van der Waals surface area contributed by atoms with Gasteiger partial charge in [-0.05, 0) is 55.5 Å². The fourth-order valence-electron chi connectivity index (χ4n) is 2.39. The van der Waals surface area contributed by atoms with Crippen LogP contribution in [-0.4, -0.2) is 17.9 Å². The minimum absolute atomic E-state index is 0.0173. The SMILES string of the molecule is COc1ccc(-c2csc(/C(C#N)=C\Nc3ccc(C(C)=O)cc3)n2)cc1. The minimum Gasteiger partial charge on any atom is -0.497 e. The van der Waals surface area contributed by atoms with Crippen molar-refractivity contribution in [2.24, 2.45) is 0 Å². The van der Waals surface area contributed by atoms with Crippen molar-refractivity contribution in [1.29, 1.82) is 5.26 Å². The molecule has 3 aromatic rings. The van der Waals surface area contributed by atoms with Crippen LogP contribution in [0.15, 0.2) is 60.1 Å². The highest BCUT2D eigenvalue weighted by atomic mass is 32.1. The van der Waals surface area contributed by atoms with Crippen molar-refractivity contribution in [3.8, 4) is 23.1 Å². The van der Waals surface area contributed by atoms with E-state index in [4.69, 9.17) is 4.74 Å². The van der Waals surface area contributed by atoms with Crippen LogP contribution in [-0.2, 0) is 0 Å². The Labute approximate surface area is 161 Å². The van der Waals surface area contributed by atoms with Gasteiger partial charge in [-0.25, -0.2) is 4.98 Å². The highest BCUT2D eigenvalue weighted by Crippen LogP contribution is 2.27. The summed E-state index contributed by atoms with van der Waals surface area (Å²) >= 11 is 1.41. The molecule has 0 saturated heterocycles. The van der Waals surface area contributed by atoms with Crippen LogP contribution in [0.5, 0.6) is 5.75 Å². The molecule has 0 bridgehead atoms. The second kappa shape index (κ2) is 8.30. The molecule has 0 spiro atoms. The van der Waals surface area contributed by atoms with Crippen LogP contribution in [0.4, 0.5) is 5.69 Å². The standard InChI is InChI=1S/C21H17N3O2S/c1-14(25)15-3-7-18(8-4-15)23-12-17(11-22)21-24-20(13-27-21)16-5-9-19(26-2)10-6-16/h3-10,12-13,23H,1-2H3/b17-12-. The van der Waals surface area contributed by atoms with Gasteiger partial charge in [0.05, 0.1) is 12.8 Å². The molecule has 134 valence electrons. The van der Waals surface area contributed by atoms with Gasteiger partial charge in [0.1, 0.15) is 22.4 Å². The van der Waals surface area contributed by atoms with Gasteiger partial charge in [-0.15, -0.1) is 11.3 Å². The number of thiazole rings is 1. The van der Waals surface area contributed by atoms with Crippen LogP contribution in [0.2, 0.25) is 0 Å². The largest absolute Gasteiger partial charge is 0.497 e. The molecule has 5 nitrogen and oxygen atoms in total. The molecule has 2 aromatic carbocycles. The number of hydrogen-bond donors (Lipinski definition) is 1. The number of Topliss-reactive ketones (excluding diaryl/α,β-unsaturated/α-hetero) is 1. The van der Waals surface area contributed by atoms with Crippen molar-refractivity contribution < 1.29 is 9.53 Å². The molecule has 0 aliphatic heterocycles. The minimum atomic E-state index is 0.0173. The number of aromatic nitrogens is 1. The fraction of sp³-hybridized carbons (Fsp3) is 0.0952. The van der Waals surface area contributed by atoms with Crippen molar-refractivity contribution in [1.82, 2.24) is 4.98 Å². The molecule has 0 unspecified atom stereocenters. The van der Waals surface area contributed by atoms with E-state index in [-0.39, 0.29) is 5.78 Å². The average Bonchev–Trinajstić information content (AvgIpc) is 3.19. The molecule has 0 radical (unpaired) electrons. The van der Waals surface area contributed by atoms with Crippen LogP contribution >= 0.6 is 11.3 Å². The maximum Gasteiger partial charge on any atom is 0.159 e. The van der Waals surface area contributed by atoms with Crippen LogP contribution in [0.25, 0.3) is 16.8 Å². The number of nitriles is 1. The predicted molar refractivity (Wildman–Crippen MR) is 108 cm³/mol. The van der Waals surface area contributed by atoms with Gasteiger partial charge in [-0.3, -0.25) is 4.79 Å². The number of carbonyl (C=O) groups is 1. The predicted octanol–water partition coefficient (Wildman–Crippen LogP) is 5.00. The molecule has 0 atom stereocenters. The number of nitrogens with one attached hydrogen (secondary N) is 1. The molecular formula is C21H17N3O2S. The number of allylic oxidation sites excluding steroid dienone is 1. The van der Waals surface area contributed by atoms with E-state index in [1.54, 1.807) is 37.6 Å². The Morgan fingerprint density at radius 1 is 1.19 bits per heavy atom. The normalized spacial score (nSPS) is 10.9. The van der Waals surface area contributed by atoms with Gasteiger partial charge in [-0.2, -0.15) is 5.26 Å². The number of hydrogen-bond acceptors (Lipinski definition) is 6. The quantitative estimate of drug-likeness (QED) is 0.485. The lowest BCUT2D eigenvalue weighted by Gasteiger charge is -2.02. The maximum absolute atomic E-state index is 11.3. The summed E-state index contributed by atoms with van der Waals surface area (Å²) in [6.07, 6.45) is 1.62. The van der Waals surface area contributed by atoms with E-state index in [0.717, 1.165) is 22.7 Å².